The number of imidazole rings is 1. The molecule has 0 bridgehead atoms. The van der Waals surface area contributed by atoms with E-state index in [1.807, 2.05) is 35.8 Å². The molecule has 1 aromatic carbocycles. The quantitative estimate of drug-likeness (QED) is 0.636. The molecular formula is C13H9BrClN3S. The van der Waals surface area contributed by atoms with Gasteiger partial charge in [-0.3, -0.25) is 4.57 Å². The van der Waals surface area contributed by atoms with Gasteiger partial charge in [0, 0.05) is 10.7 Å². The van der Waals surface area contributed by atoms with Crippen LogP contribution in [-0.2, 0) is 0 Å². The van der Waals surface area contributed by atoms with E-state index in [0.717, 1.165) is 26.9 Å². The second kappa shape index (κ2) is 4.74. The second-order valence-electron chi connectivity index (χ2n) is 4.19. The molecule has 0 amide bonds. The Labute approximate surface area is 128 Å². The summed E-state index contributed by atoms with van der Waals surface area (Å²) in [5, 5.41) is 0.640. The van der Waals surface area contributed by atoms with Crippen LogP contribution < -0.4 is 0 Å². The number of pyridine rings is 1. The average Bonchev–Trinajstić information content (AvgIpc) is 2.71. The minimum atomic E-state index is 0.607. The van der Waals surface area contributed by atoms with Gasteiger partial charge in [-0.15, -0.1) is 0 Å². The number of hydrogen-bond donors (Lipinski definition) is 1. The average molecular weight is 355 g/mol. The molecule has 0 aliphatic rings. The van der Waals surface area contributed by atoms with Crippen LogP contribution in [0.1, 0.15) is 5.56 Å². The smallest absolute Gasteiger partial charge is 0.184 e. The van der Waals surface area contributed by atoms with Gasteiger partial charge in [0.15, 0.2) is 10.4 Å². The largest absolute Gasteiger partial charge is 0.329 e. The Morgan fingerprint density at radius 2 is 2.16 bits per heavy atom. The number of rotatable bonds is 1. The van der Waals surface area contributed by atoms with E-state index in [1.54, 1.807) is 6.20 Å². The zero-order valence-corrected chi connectivity index (χ0v) is 13.1. The van der Waals surface area contributed by atoms with Crippen LogP contribution in [0.15, 0.2) is 34.9 Å². The molecule has 0 spiro atoms. The number of aromatic amines is 1. The number of H-pyrrole nitrogens is 1. The van der Waals surface area contributed by atoms with Crippen LogP contribution in [0.3, 0.4) is 0 Å². The van der Waals surface area contributed by atoms with E-state index in [4.69, 9.17) is 23.8 Å². The summed E-state index contributed by atoms with van der Waals surface area (Å²) >= 11 is 14.9. The van der Waals surface area contributed by atoms with Crippen molar-refractivity contribution in [3.05, 3.63) is 50.3 Å². The lowest BCUT2D eigenvalue weighted by Gasteiger charge is -2.05. The summed E-state index contributed by atoms with van der Waals surface area (Å²) in [6.45, 7) is 2.02. The fourth-order valence-corrected chi connectivity index (χ4v) is 2.71. The molecule has 0 aliphatic heterocycles. The Hall–Kier alpha value is -1.17. The predicted octanol–water partition coefficient (Wildman–Crippen LogP) is 4.81. The number of halogens is 2. The van der Waals surface area contributed by atoms with Crippen molar-refractivity contribution in [2.24, 2.45) is 0 Å². The molecular weight excluding hydrogens is 346 g/mol. The van der Waals surface area contributed by atoms with Crippen LogP contribution in [0.5, 0.6) is 0 Å². The number of nitrogens with one attached hydrogen (secondary N) is 1. The van der Waals surface area contributed by atoms with E-state index >= 15 is 0 Å². The summed E-state index contributed by atoms with van der Waals surface area (Å²) in [6, 6.07) is 7.66. The first-order chi connectivity index (χ1) is 9.08. The summed E-state index contributed by atoms with van der Waals surface area (Å²) in [4.78, 5) is 7.59. The lowest BCUT2D eigenvalue weighted by molar-refractivity contribution is 1.04. The number of hydrogen-bond acceptors (Lipinski definition) is 2. The van der Waals surface area contributed by atoms with Crippen LogP contribution >= 0.6 is 39.7 Å². The first-order valence-corrected chi connectivity index (χ1v) is 7.17. The number of aromatic nitrogens is 3. The molecule has 3 nitrogen and oxygen atoms in total. The van der Waals surface area contributed by atoms with E-state index in [2.05, 4.69) is 25.9 Å². The molecule has 0 unspecified atom stereocenters. The highest BCUT2D eigenvalue weighted by Gasteiger charge is 2.10. The van der Waals surface area contributed by atoms with Crippen molar-refractivity contribution in [3.8, 4) is 5.69 Å². The molecule has 19 heavy (non-hydrogen) atoms. The zero-order valence-electron chi connectivity index (χ0n) is 9.95. The second-order valence-corrected chi connectivity index (χ2v) is 5.84. The molecule has 3 rings (SSSR count). The van der Waals surface area contributed by atoms with Gasteiger partial charge in [-0.2, -0.15) is 0 Å². The molecule has 0 fully saturated rings. The first-order valence-electron chi connectivity index (χ1n) is 5.59. The summed E-state index contributed by atoms with van der Waals surface area (Å²) in [5.74, 6) is 0. The maximum absolute atomic E-state index is 6.14. The number of aryl methyl sites for hydroxylation is 1. The van der Waals surface area contributed by atoms with Crippen LogP contribution in [0.2, 0.25) is 5.02 Å². The normalized spacial score (nSPS) is 11.1. The number of benzene rings is 1. The van der Waals surface area contributed by atoms with Crippen molar-refractivity contribution < 1.29 is 0 Å². The van der Waals surface area contributed by atoms with Crippen molar-refractivity contribution in [1.29, 1.82) is 0 Å². The number of fused-ring (bicyclic) bond motifs is 1. The molecule has 6 heteroatoms. The van der Waals surface area contributed by atoms with E-state index in [9.17, 15) is 0 Å². The minimum Gasteiger partial charge on any atom is -0.329 e. The van der Waals surface area contributed by atoms with E-state index in [-0.39, 0.29) is 0 Å². The first kappa shape index (κ1) is 12.8. The molecule has 0 saturated carbocycles. The monoisotopic (exact) mass is 353 g/mol. The Bertz CT molecular complexity index is 838. The molecule has 0 saturated heterocycles. The Kier molecular flexibility index (Phi) is 3.20. The summed E-state index contributed by atoms with van der Waals surface area (Å²) in [7, 11) is 0. The van der Waals surface area contributed by atoms with Crippen molar-refractivity contribution in [1.82, 2.24) is 14.5 Å². The van der Waals surface area contributed by atoms with Gasteiger partial charge in [0.2, 0.25) is 0 Å². The van der Waals surface area contributed by atoms with E-state index in [0.29, 0.717) is 9.79 Å². The maximum Gasteiger partial charge on any atom is 0.184 e. The fraction of sp³-hybridized carbons (Fsp3) is 0.0769. The Balaban J connectivity index is 2.36. The van der Waals surface area contributed by atoms with Gasteiger partial charge in [-0.25, -0.2) is 4.98 Å². The predicted molar refractivity (Wildman–Crippen MR) is 83.7 cm³/mol. The topological polar surface area (TPSA) is 33.6 Å². The summed E-state index contributed by atoms with van der Waals surface area (Å²) in [5.41, 5.74) is 3.76. The van der Waals surface area contributed by atoms with Crippen molar-refractivity contribution >= 4 is 50.9 Å². The minimum absolute atomic E-state index is 0.607. The van der Waals surface area contributed by atoms with E-state index < -0.39 is 0 Å². The van der Waals surface area contributed by atoms with Gasteiger partial charge in [-0.05, 0) is 64.9 Å². The highest BCUT2D eigenvalue weighted by atomic mass is 79.9. The van der Waals surface area contributed by atoms with Gasteiger partial charge in [-0.1, -0.05) is 11.6 Å². The molecule has 0 atom stereocenters. The van der Waals surface area contributed by atoms with Crippen molar-refractivity contribution in [3.63, 3.8) is 0 Å². The van der Waals surface area contributed by atoms with Crippen LogP contribution in [-0.4, -0.2) is 14.5 Å². The SMILES string of the molecule is Cc1ccnc2c1[nH]c(=S)n2-c1ccc(Br)c(Cl)c1. The lowest BCUT2D eigenvalue weighted by atomic mass is 10.2. The van der Waals surface area contributed by atoms with Gasteiger partial charge >= 0.3 is 0 Å². The zero-order chi connectivity index (χ0) is 13.6. The van der Waals surface area contributed by atoms with Crippen molar-refractivity contribution in [2.45, 2.75) is 6.92 Å². The van der Waals surface area contributed by atoms with Gasteiger partial charge in [0.1, 0.15) is 0 Å². The summed E-state index contributed by atoms with van der Waals surface area (Å²) in [6.07, 6.45) is 1.78. The summed E-state index contributed by atoms with van der Waals surface area (Å²) < 4.78 is 3.35. The van der Waals surface area contributed by atoms with Crippen molar-refractivity contribution in [2.75, 3.05) is 0 Å². The lowest BCUT2D eigenvalue weighted by Crippen LogP contribution is -1.95. The molecule has 96 valence electrons. The van der Waals surface area contributed by atoms with Gasteiger partial charge in [0.05, 0.1) is 16.2 Å². The van der Waals surface area contributed by atoms with Crippen LogP contribution in [0, 0.1) is 11.7 Å². The third kappa shape index (κ3) is 2.12. The highest BCUT2D eigenvalue weighted by Crippen LogP contribution is 2.27. The molecule has 1 N–H and O–H groups in total. The standard InChI is InChI=1S/C13H9BrClN3S/c1-7-4-5-16-12-11(7)17-13(19)18(12)8-2-3-9(14)10(15)6-8/h2-6H,1H3,(H,17,19). The van der Waals surface area contributed by atoms with Crippen LogP contribution in [0.4, 0.5) is 0 Å². The molecule has 2 heterocycles. The maximum atomic E-state index is 6.14. The Morgan fingerprint density at radius 3 is 2.89 bits per heavy atom. The molecule has 0 radical (unpaired) electrons. The number of nitrogens with zero attached hydrogens (tertiary/aromatic N) is 2. The van der Waals surface area contributed by atoms with E-state index in [1.165, 1.54) is 0 Å². The fourth-order valence-electron chi connectivity index (χ4n) is 1.99. The van der Waals surface area contributed by atoms with Crippen LogP contribution in [0.25, 0.3) is 16.9 Å². The third-order valence-corrected chi connectivity index (χ3v) is 4.46. The third-order valence-electron chi connectivity index (χ3n) is 2.95. The van der Waals surface area contributed by atoms with Gasteiger partial charge < -0.3 is 4.98 Å². The molecule has 2 aromatic heterocycles. The molecule has 3 aromatic rings. The Morgan fingerprint density at radius 1 is 1.37 bits per heavy atom. The van der Waals surface area contributed by atoms with Gasteiger partial charge in [0.25, 0.3) is 0 Å². The molecule has 0 aliphatic carbocycles. The highest BCUT2D eigenvalue weighted by molar-refractivity contribution is 9.10.